The number of hydrogen-bond acceptors (Lipinski definition) is 5. The maximum atomic E-state index is 12.3. The van der Waals surface area contributed by atoms with Crippen molar-refractivity contribution in [2.75, 3.05) is 23.7 Å². The fourth-order valence-electron chi connectivity index (χ4n) is 2.75. The molecule has 0 aliphatic carbocycles. The molecule has 1 saturated heterocycles. The first kappa shape index (κ1) is 17.1. The Labute approximate surface area is 137 Å². The second kappa shape index (κ2) is 8.42. The van der Waals surface area contributed by atoms with Gasteiger partial charge in [-0.2, -0.15) is 11.8 Å². The summed E-state index contributed by atoms with van der Waals surface area (Å²) >= 11 is 2.00. The Morgan fingerprint density at radius 2 is 2.32 bits per heavy atom. The molecule has 122 valence electrons. The normalized spacial score (nSPS) is 19.1. The van der Waals surface area contributed by atoms with Crippen LogP contribution < -0.4 is 4.90 Å². The first-order valence-electron chi connectivity index (χ1n) is 8.14. The lowest BCUT2D eigenvalue weighted by Gasteiger charge is -2.26. The van der Waals surface area contributed by atoms with Crippen LogP contribution in [0.2, 0.25) is 0 Å². The van der Waals surface area contributed by atoms with Crippen LogP contribution in [0.25, 0.3) is 0 Å². The van der Waals surface area contributed by atoms with E-state index in [9.17, 15) is 4.79 Å². The number of carbonyl (C=O) groups is 1. The highest BCUT2D eigenvalue weighted by Gasteiger charge is 2.24. The summed E-state index contributed by atoms with van der Waals surface area (Å²) in [4.78, 5) is 19.1. The van der Waals surface area contributed by atoms with Crippen LogP contribution in [0.1, 0.15) is 50.4 Å². The van der Waals surface area contributed by atoms with E-state index in [2.05, 4.69) is 16.8 Å². The molecule has 2 heterocycles. The average molecular weight is 322 g/mol. The highest BCUT2D eigenvalue weighted by molar-refractivity contribution is 7.99. The second-order valence-corrected chi connectivity index (χ2v) is 7.43. The summed E-state index contributed by atoms with van der Waals surface area (Å²) < 4.78 is 5.36. The molecule has 1 aromatic rings. The maximum absolute atomic E-state index is 12.3. The predicted octanol–water partition coefficient (Wildman–Crippen LogP) is 3.76. The van der Waals surface area contributed by atoms with Crippen LogP contribution in [0.5, 0.6) is 0 Å². The summed E-state index contributed by atoms with van der Waals surface area (Å²) in [5, 5.41) is 0.614. The van der Waals surface area contributed by atoms with Crippen molar-refractivity contribution in [1.29, 1.82) is 0 Å². The molecule has 0 saturated carbocycles. The number of pyridine rings is 1. The van der Waals surface area contributed by atoms with E-state index in [0.29, 0.717) is 10.8 Å². The van der Waals surface area contributed by atoms with Gasteiger partial charge >= 0.3 is 5.97 Å². The standard InChI is InChI=1S/C17H26N2O2S/c1-4-22-14-8-5-6-11-19(12-14)16-15(9-7-10-18-16)17(20)21-13(2)3/h7,9-10,13-14H,4-6,8,11-12H2,1-3H3. The van der Waals surface area contributed by atoms with E-state index < -0.39 is 0 Å². The molecule has 1 fully saturated rings. The number of ether oxygens (including phenoxy) is 1. The van der Waals surface area contributed by atoms with Gasteiger partial charge in [-0.1, -0.05) is 13.3 Å². The van der Waals surface area contributed by atoms with Crippen LogP contribution in [-0.4, -0.2) is 41.1 Å². The van der Waals surface area contributed by atoms with Crippen LogP contribution in [-0.2, 0) is 4.74 Å². The molecule has 0 N–H and O–H groups in total. The van der Waals surface area contributed by atoms with Gasteiger partial charge in [0.2, 0.25) is 0 Å². The Morgan fingerprint density at radius 3 is 3.05 bits per heavy atom. The van der Waals surface area contributed by atoms with Gasteiger partial charge in [-0.15, -0.1) is 0 Å². The van der Waals surface area contributed by atoms with Gasteiger partial charge in [0.15, 0.2) is 0 Å². The quantitative estimate of drug-likeness (QED) is 0.772. The van der Waals surface area contributed by atoms with E-state index in [1.165, 1.54) is 12.8 Å². The molecule has 0 amide bonds. The van der Waals surface area contributed by atoms with E-state index in [4.69, 9.17) is 4.74 Å². The molecular weight excluding hydrogens is 296 g/mol. The molecule has 1 atom stereocenters. The van der Waals surface area contributed by atoms with Crippen molar-refractivity contribution >= 4 is 23.5 Å². The lowest BCUT2D eigenvalue weighted by molar-refractivity contribution is 0.0378. The fourth-order valence-corrected chi connectivity index (χ4v) is 3.84. The molecule has 5 heteroatoms. The summed E-state index contributed by atoms with van der Waals surface area (Å²) in [5.41, 5.74) is 0.582. The number of esters is 1. The number of anilines is 1. The lowest BCUT2D eigenvalue weighted by Crippen LogP contribution is -2.32. The second-order valence-electron chi connectivity index (χ2n) is 5.85. The largest absolute Gasteiger partial charge is 0.459 e. The highest BCUT2D eigenvalue weighted by atomic mass is 32.2. The van der Waals surface area contributed by atoms with Gasteiger partial charge in [-0.05, 0) is 44.6 Å². The third kappa shape index (κ3) is 4.63. The number of rotatable bonds is 5. The monoisotopic (exact) mass is 322 g/mol. The van der Waals surface area contributed by atoms with Crippen molar-refractivity contribution < 1.29 is 9.53 Å². The van der Waals surface area contributed by atoms with Crippen molar-refractivity contribution in [1.82, 2.24) is 4.98 Å². The number of aromatic nitrogens is 1. The van der Waals surface area contributed by atoms with E-state index >= 15 is 0 Å². The molecule has 1 aliphatic rings. The molecule has 0 spiro atoms. The van der Waals surface area contributed by atoms with Crippen molar-refractivity contribution in [2.24, 2.45) is 0 Å². The SMILES string of the molecule is CCSC1CCCCN(c2ncccc2C(=O)OC(C)C)C1. The highest BCUT2D eigenvalue weighted by Crippen LogP contribution is 2.27. The molecule has 1 aliphatic heterocycles. The third-order valence-electron chi connectivity index (χ3n) is 3.68. The van der Waals surface area contributed by atoms with Crippen LogP contribution in [0.4, 0.5) is 5.82 Å². The van der Waals surface area contributed by atoms with Crippen molar-refractivity contribution in [3.8, 4) is 0 Å². The smallest absolute Gasteiger partial charge is 0.342 e. The molecule has 22 heavy (non-hydrogen) atoms. The summed E-state index contributed by atoms with van der Waals surface area (Å²) in [6, 6.07) is 3.62. The van der Waals surface area contributed by atoms with Crippen LogP contribution in [0.15, 0.2) is 18.3 Å². The van der Waals surface area contributed by atoms with Crippen LogP contribution in [0, 0.1) is 0 Å². The Bertz CT molecular complexity index is 493. The Hall–Kier alpha value is -1.23. The molecule has 0 aromatic carbocycles. The fraction of sp³-hybridized carbons (Fsp3) is 0.647. The molecule has 4 nitrogen and oxygen atoms in total. The molecule has 1 unspecified atom stereocenters. The van der Waals surface area contributed by atoms with E-state index in [1.807, 2.05) is 31.7 Å². The van der Waals surface area contributed by atoms with Crippen LogP contribution >= 0.6 is 11.8 Å². The van der Waals surface area contributed by atoms with Gasteiger partial charge in [0.25, 0.3) is 0 Å². The minimum atomic E-state index is -0.276. The Morgan fingerprint density at radius 1 is 1.50 bits per heavy atom. The zero-order valence-corrected chi connectivity index (χ0v) is 14.6. The summed E-state index contributed by atoms with van der Waals surface area (Å²) in [6.45, 7) is 7.85. The zero-order valence-electron chi connectivity index (χ0n) is 13.7. The molecule has 0 bridgehead atoms. The topological polar surface area (TPSA) is 42.4 Å². The van der Waals surface area contributed by atoms with E-state index in [0.717, 1.165) is 31.1 Å². The van der Waals surface area contributed by atoms with Crippen molar-refractivity contribution in [2.45, 2.75) is 51.4 Å². The maximum Gasteiger partial charge on any atom is 0.342 e. The Balaban J connectivity index is 2.21. The van der Waals surface area contributed by atoms with Crippen molar-refractivity contribution in [3.05, 3.63) is 23.9 Å². The summed E-state index contributed by atoms with van der Waals surface area (Å²) in [5.74, 6) is 1.63. The number of thioether (sulfide) groups is 1. The summed E-state index contributed by atoms with van der Waals surface area (Å²) in [7, 11) is 0. The first-order chi connectivity index (χ1) is 10.6. The van der Waals surface area contributed by atoms with E-state index in [-0.39, 0.29) is 12.1 Å². The van der Waals surface area contributed by atoms with Gasteiger partial charge in [-0.25, -0.2) is 9.78 Å². The Kier molecular flexibility index (Phi) is 6.55. The van der Waals surface area contributed by atoms with Gasteiger partial charge in [0, 0.05) is 24.5 Å². The zero-order chi connectivity index (χ0) is 15.9. The number of nitrogens with zero attached hydrogens (tertiary/aromatic N) is 2. The van der Waals surface area contributed by atoms with Gasteiger partial charge < -0.3 is 9.64 Å². The minimum Gasteiger partial charge on any atom is -0.459 e. The summed E-state index contributed by atoms with van der Waals surface area (Å²) in [6.07, 6.45) is 5.28. The first-order valence-corrected chi connectivity index (χ1v) is 9.19. The average Bonchev–Trinajstić information content (AvgIpc) is 2.72. The van der Waals surface area contributed by atoms with Gasteiger partial charge in [-0.3, -0.25) is 0 Å². The minimum absolute atomic E-state index is 0.118. The van der Waals surface area contributed by atoms with Gasteiger partial charge in [0.05, 0.1) is 6.10 Å². The number of hydrogen-bond donors (Lipinski definition) is 0. The molecular formula is C17H26N2O2S. The van der Waals surface area contributed by atoms with E-state index in [1.54, 1.807) is 12.3 Å². The predicted molar refractivity (Wildman–Crippen MR) is 92.8 cm³/mol. The van der Waals surface area contributed by atoms with Crippen molar-refractivity contribution in [3.63, 3.8) is 0 Å². The molecule has 2 rings (SSSR count). The molecule has 1 aromatic heterocycles. The van der Waals surface area contributed by atoms with Gasteiger partial charge in [0.1, 0.15) is 11.4 Å². The lowest BCUT2D eigenvalue weighted by atomic mass is 10.2. The molecule has 0 radical (unpaired) electrons. The van der Waals surface area contributed by atoms with Crippen LogP contribution in [0.3, 0.4) is 0 Å². The number of carbonyl (C=O) groups excluding carboxylic acids is 1. The third-order valence-corrected chi connectivity index (χ3v) is 4.87.